The lowest BCUT2D eigenvalue weighted by atomic mass is 10.1. The van der Waals surface area contributed by atoms with Crippen LogP contribution in [0.2, 0.25) is 0 Å². The molecule has 10 heteroatoms. The van der Waals surface area contributed by atoms with Crippen LogP contribution in [0.4, 0.5) is 5.69 Å². The fraction of sp³-hybridized carbons (Fsp3) is 0.355. The van der Waals surface area contributed by atoms with E-state index in [1.54, 1.807) is 43.3 Å². The number of carbonyl (C=O) groups excluding carboxylic acids is 2. The Bertz CT molecular complexity index is 1430. The first-order valence-electron chi connectivity index (χ1n) is 13.6. The number of hydrogen-bond donors (Lipinski definition) is 1. The molecule has 0 aliphatic carbocycles. The number of halogens is 1. The van der Waals surface area contributed by atoms with Crippen molar-refractivity contribution in [1.82, 2.24) is 10.2 Å². The monoisotopic (exact) mass is 643 g/mol. The number of sulfonamides is 1. The molecular formula is C31H38BrN3O5S. The fourth-order valence-corrected chi connectivity index (χ4v) is 5.86. The van der Waals surface area contributed by atoms with E-state index in [0.717, 1.165) is 19.9 Å². The summed E-state index contributed by atoms with van der Waals surface area (Å²) in [5, 5.41) is 2.90. The van der Waals surface area contributed by atoms with Crippen LogP contribution in [0.25, 0.3) is 0 Å². The number of anilines is 1. The van der Waals surface area contributed by atoms with Crippen molar-refractivity contribution in [2.75, 3.05) is 24.0 Å². The molecule has 3 aromatic carbocycles. The molecule has 0 heterocycles. The third-order valence-electron chi connectivity index (χ3n) is 6.40. The van der Waals surface area contributed by atoms with E-state index in [4.69, 9.17) is 4.74 Å². The molecule has 3 aromatic rings. The Hall–Kier alpha value is -3.37. The first-order valence-corrected chi connectivity index (χ1v) is 15.8. The second-order valence-electron chi connectivity index (χ2n) is 10.2. The topological polar surface area (TPSA) is 96.0 Å². The largest absolute Gasteiger partial charge is 0.494 e. The van der Waals surface area contributed by atoms with E-state index in [1.165, 1.54) is 17.0 Å². The maximum absolute atomic E-state index is 14.0. The Morgan fingerprint density at radius 2 is 1.63 bits per heavy atom. The first kappa shape index (κ1) is 32.1. The number of ether oxygens (including phenoxy) is 1. The standard InChI is InChI=1S/C31H38BrN3O5S/c1-6-40-28-14-12-27(13-15-28)35(41(38,39)29-16-10-26(32)11-17-29)21-30(36)34(20-25-9-7-8-23(4)18-25)24(5)31(37)33-19-22(2)3/h7-18,22,24H,6,19-21H2,1-5H3,(H,33,37)/t24-/m1/s1. The molecule has 0 saturated heterocycles. The third kappa shape index (κ3) is 8.81. The summed E-state index contributed by atoms with van der Waals surface area (Å²) in [4.78, 5) is 28.6. The second-order valence-corrected chi connectivity index (χ2v) is 13.0. The van der Waals surface area contributed by atoms with E-state index < -0.39 is 28.5 Å². The van der Waals surface area contributed by atoms with Crippen molar-refractivity contribution in [3.63, 3.8) is 0 Å². The molecule has 0 fully saturated rings. The maximum atomic E-state index is 14.0. The minimum atomic E-state index is -4.15. The first-order chi connectivity index (χ1) is 19.4. The number of amides is 2. The van der Waals surface area contributed by atoms with Gasteiger partial charge in [0.2, 0.25) is 11.8 Å². The zero-order valence-electron chi connectivity index (χ0n) is 24.1. The highest BCUT2D eigenvalue weighted by molar-refractivity contribution is 9.10. The summed E-state index contributed by atoms with van der Waals surface area (Å²) in [6.45, 7) is 10.0. The van der Waals surface area contributed by atoms with Crippen molar-refractivity contribution in [3.05, 3.63) is 88.4 Å². The van der Waals surface area contributed by atoms with E-state index in [2.05, 4.69) is 21.2 Å². The van der Waals surface area contributed by atoms with Gasteiger partial charge in [0, 0.05) is 17.6 Å². The highest BCUT2D eigenvalue weighted by atomic mass is 79.9. The predicted octanol–water partition coefficient (Wildman–Crippen LogP) is 5.54. The number of rotatable bonds is 13. The Balaban J connectivity index is 2.02. The molecule has 0 radical (unpaired) electrons. The maximum Gasteiger partial charge on any atom is 0.264 e. The zero-order chi connectivity index (χ0) is 30.2. The lowest BCUT2D eigenvalue weighted by Crippen LogP contribution is -2.51. The van der Waals surface area contributed by atoms with E-state index in [9.17, 15) is 18.0 Å². The van der Waals surface area contributed by atoms with Gasteiger partial charge in [-0.1, -0.05) is 59.6 Å². The smallest absolute Gasteiger partial charge is 0.264 e. The van der Waals surface area contributed by atoms with Gasteiger partial charge in [0.1, 0.15) is 18.3 Å². The SMILES string of the molecule is CCOc1ccc(N(CC(=O)N(Cc2cccc(C)c2)[C@H](C)C(=O)NCC(C)C)S(=O)(=O)c2ccc(Br)cc2)cc1. The van der Waals surface area contributed by atoms with Crippen molar-refractivity contribution in [2.24, 2.45) is 5.92 Å². The molecular weight excluding hydrogens is 606 g/mol. The van der Waals surface area contributed by atoms with Gasteiger partial charge in [-0.15, -0.1) is 0 Å². The van der Waals surface area contributed by atoms with Crippen LogP contribution in [-0.2, 0) is 26.2 Å². The van der Waals surface area contributed by atoms with Gasteiger partial charge in [-0.2, -0.15) is 0 Å². The fourth-order valence-electron chi connectivity index (χ4n) is 4.18. The highest BCUT2D eigenvalue weighted by Gasteiger charge is 2.32. The van der Waals surface area contributed by atoms with Crippen LogP contribution in [-0.4, -0.2) is 50.9 Å². The van der Waals surface area contributed by atoms with Gasteiger partial charge in [-0.25, -0.2) is 8.42 Å². The van der Waals surface area contributed by atoms with Crippen LogP contribution >= 0.6 is 15.9 Å². The molecule has 0 aliphatic rings. The minimum Gasteiger partial charge on any atom is -0.494 e. The summed E-state index contributed by atoms with van der Waals surface area (Å²) in [6, 6.07) is 19.6. The van der Waals surface area contributed by atoms with Crippen LogP contribution in [0.1, 0.15) is 38.8 Å². The second kappa shape index (κ2) is 14.5. The molecule has 3 rings (SSSR count). The number of carbonyl (C=O) groups is 2. The summed E-state index contributed by atoms with van der Waals surface area (Å²) in [6.07, 6.45) is 0. The van der Waals surface area contributed by atoms with Crippen molar-refractivity contribution in [2.45, 2.75) is 52.1 Å². The Morgan fingerprint density at radius 3 is 2.22 bits per heavy atom. The van der Waals surface area contributed by atoms with Gasteiger partial charge in [-0.05, 0) is 80.8 Å². The summed E-state index contributed by atoms with van der Waals surface area (Å²) in [5.74, 6) is 0.00900. The molecule has 1 N–H and O–H groups in total. The van der Waals surface area contributed by atoms with Gasteiger partial charge >= 0.3 is 0 Å². The molecule has 0 aliphatic heterocycles. The van der Waals surface area contributed by atoms with E-state index >= 15 is 0 Å². The van der Waals surface area contributed by atoms with Crippen molar-refractivity contribution >= 4 is 43.5 Å². The van der Waals surface area contributed by atoms with Crippen LogP contribution in [0.15, 0.2) is 82.2 Å². The number of nitrogens with zero attached hydrogens (tertiary/aromatic N) is 2. The Kier molecular flexibility index (Phi) is 11.4. The molecule has 220 valence electrons. The third-order valence-corrected chi connectivity index (χ3v) is 8.72. The van der Waals surface area contributed by atoms with Gasteiger partial charge < -0.3 is 15.0 Å². The van der Waals surface area contributed by atoms with E-state index in [-0.39, 0.29) is 23.3 Å². The molecule has 0 unspecified atom stereocenters. The van der Waals surface area contributed by atoms with Crippen molar-refractivity contribution in [1.29, 1.82) is 0 Å². The molecule has 0 bridgehead atoms. The summed E-state index contributed by atoms with van der Waals surface area (Å²) in [7, 11) is -4.15. The van der Waals surface area contributed by atoms with Gasteiger partial charge in [-0.3, -0.25) is 13.9 Å². The molecule has 0 spiro atoms. The summed E-state index contributed by atoms with van der Waals surface area (Å²) >= 11 is 3.34. The minimum absolute atomic E-state index is 0.0374. The number of hydrogen-bond acceptors (Lipinski definition) is 5. The summed E-state index contributed by atoms with van der Waals surface area (Å²) in [5.41, 5.74) is 2.16. The van der Waals surface area contributed by atoms with Crippen molar-refractivity contribution < 1.29 is 22.7 Å². The van der Waals surface area contributed by atoms with Gasteiger partial charge in [0.25, 0.3) is 10.0 Å². The molecule has 0 saturated carbocycles. The van der Waals surface area contributed by atoms with E-state index in [1.807, 2.05) is 52.0 Å². The Labute approximate surface area is 251 Å². The molecule has 0 aromatic heterocycles. The lowest BCUT2D eigenvalue weighted by Gasteiger charge is -2.32. The van der Waals surface area contributed by atoms with Crippen LogP contribution < -0.4 is 14.4 Å². The number of nitrogens with one attached hydrogen (secondary N) is 1. The van der Waals surface area contributed by atoms with Crippen molar-refractivity contribution in [3.8, 4) is 5.75 Å². The number of benzene rings is 3. The average Bonchev–Trinajstić information content (AvgIpc) is 2.93. The normalized spacial score (nSPS) is 12.1. The molecule has 41 heavy (non-hydrogen) atoms. The zero-order valence-corrected chi connectivity index (χ0v) is 26.5. The van der Waals surface area contributed by atoms with E-state index in [0.29, 0.717) is 24.6 Å². The van der Waals surface area contributed by atoms with Gasteiger partial charge in [0.05, 0.1) is 17.2 Å². The predicted molar refractivity (Wildman–Crippen MR) is 165 cm³/mol. The highest BCUT2D eigenvalue weighted by Crippen LogP contribution is 2.27. The van der Waals surface area contributed by atoms with Crippen LogP contribution in [0.5, 0.6) is 5.75 Å². The molecule has 2 amide bonds. The molecule has 8 nitrogen and oxygen atoms in total. The molecule has 1 atom stereocenters. The lowest BCUT2D eigenvalue weighted by molar-refractivity contribution is -0.139. The number of aryl methyl sites for hydroxylation is 1. The quantitative estimate of drug-likeness (QED) is 0.264. The van der Waals surface area contributed by atoms with Crippen LogP contribution in [0, 0.1) is 12.8 Å². The summed E-state index contributed by atoms with van der Waals surface area (Å²) < 4.78 is 35.2. The van der Waals surface area contributed by atoms with Gasteiger partial charge in [0.15, 0.2) is 0 Å². The Morgan fingerprint density at radius 1 is 0.976 bits per heavy atom. The average molecular weight is 645 g/mol. The van der Waals surface area contributed by atoms with Crippen LogP contribution in [0.3, 0.4) is 0 Å².